The Bertz CT molecular complexity index is 426. The lowest BCUT2D eigenvalue weighted by atomic mass is 10.1. The van der Waals surface area contributed by atoms with Crippen molar-refractivity contribution in [3.8, 4) is 5.75 Å². The van der Waals surface area contributed by atoms with E-state index in [-0.39, 0.29) is 22.6 Å². The third-order valence-corrected chi connectivity index (χ3v) is 2.94. The molecule has 3 nitrogen and oxygen atoms in total. The maximum atomic E-state index is 13.5. The maximum absolute atomic E-state index is 13.5. The van der Waals surface area contributed by atoms with E-state index >= 15 is 0 Å². The summed E-state index contributed by atoms with van der Waals surface area (Å²) < 4.78 is 31.5. The van der Waals surface area contributed by atoms with Gasteiger partial charge in [-0.1, -0.05) is 0 Å². The van der Waals surface area contributed by atoms with Crippen LogP contribution in [0.15, 0.2) is 12.1 Å². The van der Waals surface area contributed by atoms with Gasteiger partial charge in [0.1, 0.15) is 5.82 Å². The minimum atomic E-state index is -0.614. The van der Waals surface area contributed by atoms with Crippen LogP contribution in [0, 0.1) is 11.6 Å². The normalized spacial score (nSPS) is 10.2. The Morgan fingerprint density at radius 3 is 2.59 bits per heavy atom. The highest BCUT2D eigenvalue weighted by Crippen LogP contribution is 2.21. The Labute approximate surface area is 106 Å². The van der Waals surface area contributed by atoms with Gasteiger partial charge in [0.15, 0.2) is 11.6 Å². The second-order valence-electron chi connectivity index (χ2n) is 3.50. The fraction of sp³-hybridized carbons (Fsp3) is 0.364. The van der Waals surface area contributed by atoms with Crippen LogP contribution in [0.25, 0.3) is 0 Å². The summed E-state index contributed by atoms with van der Waals surface area (Å²) in [5.41, 5.74) is 0.212. The van der Waals surface area contributed by atoms with Gasteiger partial charge in [0.2, 0.25) is 0 Å². The molecule has 0 N–H and O–H groups in total. The number of nitrogens with zero attached hydrogens (tertiary/aromatic N) is 1. The van der Waals surface area contributed by atoms with Crippen LogP contribution in [0.4, 0.5) is 13.6 Å². The van der Waals surface area contributed by atoms with Gasteiger partial charge >= 0.3 is 0 Å². The molecule has 0 radical (unpaired) electrons. The van der Waals surface area contributed by atoms with E-state index in [9.17, 15) is 13.6 Å². The molecule has 17 heavy (non-hydrogen) atoms. The maximum Gasteiger partial charge on any atom is 0.289 e. The fourth-order valence-corrected chi connectivity index (χ4v) is 1.47. The number of hydrogen-bond acceptors (Lipinski definition) is 2. The van der Waals surface area contributed by atoms with Crippen LogP contribution in [0.2, 0.25) is 0 Å². The molecule has 0 spiro atoms. The standard InChI is InChI=1S/C11H12BrF2NO2/c1-15(11(12)16)4-3-7-5-9(14)10(17-2)6-8(7)13/h5-6H,3-4H2,1-2H3. The van der Waals surface area contributed by atoms with E-state index < -0.39 is 11.6 Å². The van der Waals surface area contributed by atoms with Crippen molar-refractivity contribution >= 4 is 20.7 Å². The number of hydrogen-bond donors (Lipinski definition) is 0. The molecule has 1 aromatic rings. The molecule has 0 aromatic heterocycles. The largest absolute Gasteiger partial charge is 0.494 e. The van der Waals surface area contributed by atoms with E-state index in [2.05, 4.69) is 20.7 Å². The minimum absolute atomic E-state index is 0.129. The summed E-state index contributed by atoms with van der Waals surface area (Å²) in [6.07, 6.45) is 0.237. The first-order valence-electron chi connectivity index (χ1n) is 4.88. The average Bonchev–Trinajstić information content (AvgIpc) is 2.29. The molecule has 94 valence electrons. The number of ether oxygens (including phenoxy) is 1. The molecule has 1 aromatic carbocycles. The molecule has 0 aliphatic rings. The van der Waals surface area contributed by atoms with Crippen molar-refractivity contribution in [3.05, 3.63) is 29.3 Å². The predicted octanol–water partition coefficient (Wildman–Crippen LogP) is 2.96. The lowest BCUT2D eigenvalue weighted by Gasteiger charge is -2.14. The van der Waals surface area contributed by atoms with Gasteiger partial charge in [-0.3, -0.25) is 4.79 Å². The summed E-state index contributed by atoms with van der Waals surface area (Å²) in [5.74, 6) is -1.29. The molecular formula is C11H12BrF2NO2. The molecule has 0 fully saturated rings. The van der Waals surface area contributed by atoms with Gasteiger partial charge in [-0.2, -0.15) is 0 Å². The lowest BCUT2D eigenvalue weighted by Crippen LogP contribution is -2.23. The van der Waals surface area contributed by atoms with Crippen LogP contribution < -0.4 is 4.74 Å². The zero-order valence-electron chi connectivity index (χ0n) is 9.47. The first-order chi connectivity index (χ1) is 7.95. The number of likely N-dealkylation sites (N-methyl/N-ethyl adjacent to an activating group) is 1. The van der Waals surface area contributed by atoms with Crippen molar-refractivity contribution < 1.29 is 18.3 Å². The summed E-state index contributed by atoms with van der Waals surface area (Å²) in [6, 6.07) is 2.08. The number of halogens is 3. The van der Waals surface area contributed by atoms with Crippen LogP contribution in [-0.4, -0.2) is 30.4 Å². The Kier molecular flexibility index (Phi) is 4.86. The topological polar surface area (TPSA) is 29.5 Å². The van der Waals surface area contributed by atoms with Gasteiger partial charge in [0.25, 0.3) is 4.82 Å². The quantitative estimate of drug-likeness (QED) is 0.632. The van der Waals surface area contributed by atoms with Crippen molar-refractivity contribution in [1.82, 2.24) is 4.90 Å². The first kappa shape index (κ1) is 13.9. The lowest BCUT2D eigenvalue weighted by molar-refractivity contribution is 0.235. The van der Waals surface area contributed by atoms with Gasteiger partial charge in [-0.25, -0.2) is 8.78 Å². The number of methoxy groups -OCH3 is 1. The Morgan fingerprint density at radius 1 is 1.41 bits per heavy atom. The third-order valence-electron chi connectivity index (χ3n) is 2.34. The molecule has 0 bridgehead atoms. The molecule has 0 unspecified atom stereocenters. The van der Waals surface area contributed by atoms with Gasteiger partial charge in [-0.05, 0) is 18.1 Å². The monoisotopic (exact) mass is 307 g/mol. The van der Waals surface area contributed by atoms with E-state index in [1.165, 1.54) is 12.0 Å². The summed E-state index contributed by atoms with van der Waals surface area (Å²) in [5, 5.41) is 0. The highest BCUT2D eigenvalue weighted by molar-refractivity contribution is 9.18. The van der Waals surface area contributed by atoms with Gasteiger partial charge in [-0.15, -0.1) is 0 Å². The zero-order valence-corrected chi connectivity index (χ0v) is 11.1. The van der Waals surface area contributed by atoms with Crippen LogP contribution in [0.3, 0.4) is 0 Å². The third kappa shape index (κ3) is 3.66. The number of rotatable bonds is 4. The number of carbonyl (C=O) groups excluding carboxylic acids is 1. The van der Waals surface area contributed by atoms with Crippen LogP contribution in [0.5, 0.6) is 5.75 Å². The van der Waals surface area contributed by atoms with Crippen molar-refractivity contribution in [2.45, 2.75) is 6.42 Å². The summed E-state index contributed by atoms with van der Waals surface area (Å²) in [6.45, 7) is 0.298. The van der Waals surface area contributed by atoms with Gasteiger partial charge in [0, 0.05) is 35.6 Å². The molecule has 0 atom stereocenters. The molecule has 0 saturated carbocycles. The van der Waals surface area contributed by atoms with E-state index in [4.69, 9.17) is 0 Å². The highest BCUT2D eigenvalue weighted by Gasteiger charge is 2.12. The van der Waals surface area contributed by atoms with E-state index in [1.54, 1.807) is 7.05 Å². The summed E-state index contributed by atoms with van der Waals surface area (Å²) >= 11 is 2.77. The molecule has 1 rings (SSSR count). The smallest absolute Gasteiger partial charge is 0.289 e. The molecular weight excluding hydrogens is 296 g/mol. The van der Waals surface area contributed by atoms with Crippen molar-refractivity contribution in [1.29, 1.82) is 0 Å². The molecule has 6 heteroatoms. The summed E-state index contributed by atoms with van der Waals surface area (Å²) in [7, 11) is 2.84. The zero-order chi connectivity index (χ0) is 13.0. The van der Waals surface area contributed by atoms with Crippen molar-refractivity contribution in [2.24, 2.45) is 0 Å². The fourth-order valence-electron chi connectivity index (χ4n) is 1.29. The van der Waals surface area contributed by atoms with E-state index in [0.717, 1.165) is 12.1 Å². The minimum Gasteiger partial charge on any atom is -0.494 e. The van der Waals surface area contributed by atoms with Crippen molar-refractivity contribution in [3.63, 3.8) is 0 Å². The molecule has 0 aliphatic carbocycles. The van der Waals surface area contributed by atoms with Crippen LogP contribution in [-0.2, 0) is 6.42 Å². The van der Waals surface area contributed by atoms with Crippen LogP contribution in [0.1, 0.15) is 5.56 Å². The summed E-state index contributed by atoms with van der Waals surface area (Å²) in [4.78, 5) is 11.9. The second-order valence-corrected chi connectivity index (χ2v) is 4.18. The number of carbonyl (C=O) groups is 1. The number of benzene rings is 1. The Balaban J connectivity index is 2.78. The average molecular weight is 308 g/mol. The Morgan fingerprint density at radius 2 is 2.06 bits per heavy atom. The van der Waals surface area contributed by atoms with Gasteiger partial charge in [0.05, 0.1) is 7.11 Å². The van der Waals surface area contributed by atoms with Crippen molar-refractivity contribution in [2.75, 3.05) is 20.7 Å². The number of amides is 1. The molecule has 0 saturated heterocycles. The Hall–Kier alpha value is -1.17. The first-order valence-corrected chi connectivity index (χ1v) is 5.67. The SMILES string of the molecule is COc1cc(F)c(CCN(C)C(=O)Br)cc1F. The van der Waals surface area contributed by atoms with Gasteiger partial charge < -0.3 is 9.64 Å². The second kappa shape index (κ2) is 5.95. The highest BCUT2D eigenvalue weighted by atomic mass is 79.9. The van der Waals surface area contributed by atoms with E-state index in [1.807, 2.05) is 0 Å². The van der Waals surface area contributed by atoms with Crippen LogP contribution >= 0.6 is 15.9 Å². The molecule has 0 heterocycles. The molecule has 1 amide bonds. The van der Waals surface area contributed by atoms with E-state index in [0.29, 0.717) is 6.54 Å². The molecule has 0 aliphatic heterocycles. The predicted molar refractivity (Wildman–Crippen MR) is 63.6 cm³/mol.